The number of anilines is 3. The highest BCUT2D eigenvalue weighted by molar-refractivity contribution is 5.95. The Balaban J connectivity index is 0.896. The van der Waals surface area contributed by atoms with Gasteiger partial charge in [0.1, 0.15) is 0 Å². The summed E-state index contributed by atoms with van der Waals surface area (Å²) in [7, 11) is 0. The topological polar surface area (TPSA) is 3.24 Å². The molecule has 346 valence electrons. The number of rotatable bonds is 8. The first kappa shape index (κ1) is 43.0. The SMILES string of the molecule is CC1(C)c2ccccc2-c2cccc(-c3ccccc3-c3ccc(N(c4ccc5c(c4)C4(CCc6ccccc64)c4ccccc4-5)c4ccccc4-c4ccc(-c5ccc(-c6ccccc6)cc5)cc4)cc3)c21. The molecule has 0 heterocycles. The Hall–Kier alpha value is -8.78. The predicted molar refractivity (Wildman–Crippen MR) is 306 cm³/mol. The Kier molecular flexibility index (Phi) is 9.99. The van der Waals surface area contributed by atoms with Gasteiger partial charge in [0.25, 0.3) is 0 Å². The second-order valence-electron chi connectivity index (χ2n) is 20.7. The van der Waals surface area contributed by atoms with Crippen LogP contribution in [0.25, 0.3) is 77.9 Å². The summed E-state index contributed by atoms with van der Waals surface area (Å²) in [6.45, 7) is 4.77. The molecule has 1 nitrogen and oxygen atoms in total. The van der Waals surface area contributed by atoms with Crippen molar-refractivity contribution in [2.75, 3.05) is 4.90 Å². The Labute approximate surface area is 429 Å². The van der Waals surface area contributed by atoms with Crippen LogP contribution in [0, 0.1) is 0 Å². The largest absolute Gasteiger partial charge is 0.310 e. The van der Waals surface area contributed by atoms with Crippen molar-refractivity contribution in [3.05, 3.63) is 294 Å². The van der Waals surface area contributed by atoms with Crippen molar-refractivity contribution in [1.82, 2.24) is 0 Å². The summed E-state index contributed by atoms with van der Waals surface area (Å²) in [4.78, 5) is 2.50. The first-order chi connectivity index (χ1) is 36.0. The Bertz CT molecular complexity index is 3920. The summed E-state index contributed by atoms with van der Waals surface area (Å²) >= 11 is 0. The molecular formula is C72H53N. The fourth-order valence-electron chi connectivity index (χ4n) is 13.2. The van der Waals surface area contributed by atoms with Gasteiger partial charge in [-0.05, 0) is 149 Å². The zero-order valence-electron chi connectivity index (χ0n) is 41.2. The van der Waals surface area contributed by atoms with Crippen LogP contribution in [0.5, 0.6) is 0 Å². The summed E-state index contributed by atoms with van der Waals surface area (Å²) < 4.78 is 0. The van der Waals surface area contributed by atoms with Gasteiger partial charge in [-0.3, -0.25) is 0 Å². The van der Waals surface area contributed by atoms with E-state index in [2.05, 4.69) is 280 Å². The molecule has 1 heteroatoms. The van der Waals surface area contributed by atoms with Crippen LogP contribution in [0.15, 0.2) is 261 Å². The van der Waals surface area contributed by atoms with E-state index in [1.807, 2.05) is 0 Å². The molecule has 0 aliphatic heterocycles. The van der Waals surface area contributed by atoms with Gasteiger partial charge in [0.15, 0.2) is 0 Å². The van der Waals surface area contributed by atoms with E-state index in [0.717, 1.165) is 29.9 Å². The van der Waals surface area contributed by atoms with Crippen molar-refractivity contribution in [2.45, 2.75) is 37.5 Å². The highest BCUT2D eigenvalue weighted by Gasteiger charge is 2.48. The van der Waals surface area contributed by atoms with Crippen LogP contribution in [-0.2, 0) is 17.3 Å². The zero-order chi connectivity index (χ0) is 48.7. The third-order valence-electron chi connectivity index (χ3n) is 16.5. The van der Waals surface area contributed by atoms with E-state index in [9.17, 15) is 0 Å². The van der Waals surface area contributed by atoms with E-state index in [-0.39, 0.29) is 10.8 Å². The minimum atomic E-state index is -0.208. The Morgan fingerprint density at radius 2 is 0.753 bits per heavy atom. The van der Waals surface area contributed by atoms with Gasteiger partial charge in [-0.15, -0.1) is 0 Å². The number of benzene rings is 11. The summed E-state index contributed by atoms with van der Waals surface area (Å²) in [6.07, 6.45) is 2.12. The summed E-state index contributed by atoms with van der Waals surface area (Å²) in [5, 5.41) is 0. The van der Waals surface area contributed by atoms with Gasteiger partial charge in [0, 0.05) is 27.8 Å². The minimum Gasteiger partial charge on any atom is -0.310 e. The number of nitrogens with zero attached hydrogens (tertiary/aromatic N) is 1. The predicted octanol–water partition coefficient (Wildman–Crippen LogP) is 19.1. The molecule has 0 N–H and O–H groups in total. The van der Waals surface area contributed by atoms with Gasteiger partial charge >= 0.3 is 0 Å². The van der Waals surface area contributed by atoms with Gasteiger partial charge in [0.05, 0.1) is 5.69 Å². The lowest BCUT2D eigenvalue weighted by Crippen LogP contribution is -2.24. The molecule has 11 aromatic rings. The molecule has 0 amide bonds. The molecule has 1 spiro atoms. The minimum absolute atomic E-state index is 0.127. The summed E-state index contributed by atoms with van der Waals surface area (Å²) in [5.41, 5.74) is 29.1. The lowest BCUT2D eigenvalue weighted by atomic mass is 9.73. The molecule has 3 aliphatic carbocycles. The molecule has 0 aromatic heterocycles. The van der Waals surface area contributed by atoms with Crippen LogP contribution in [0.4, 0.5) is 17.1 Å². The van der Waals surface area contributed by atoms with E-state index < -0.39 is 0 Å². The molecule has 3 aliphatic rings. The number of aryl methyl sites for hydroxylation is 1. The van der Waals surface area contributed by atoms with E-state index in [0.29, 0.717) is 0 Å². The van der Waals surface area contributed by atoms with Crippen LogP contribution in [0.1, 0.15) is 53.6 Å². The molecule has 0 radical (unpaired) electrons. The summed E-state index contributed by atoms with van der Waals surface area (Å²) in [6, 6.07) is 97.3. The third kappa shape index (κ3) is 6.76. The van der Waals surface area contributed by atoms with Gasteiger partial charge in [0.2, 0.25) is 0 Å². The highest BCUT2D eigenvalue weighted by atomic mass is 15.1. The first-order valence-corrected chi connectivity index (χ1v) is 25.9. The molecule has 0 saturated carbocycles. The van der Waals surface area contributed by atoms with E-state index >= 15 is 0 Å². The number of fused-ring (bicyclic) bond motifs is 10. The third-order valence-corrected chi connectivity index (χ3v) is 16.5. The average Bonchev–Trinajstić information content (AvgIpc) is 4.08. The van der Waals surface area contributed by atoms with Gasteiger partial charge < -0.3 is 4.90 Å². The smallest absolute Gasteiger partial charge is 0.0540 e. The number of para-hydroxylation sites is 1. The molecule has 0 fully saturated rings. The Morgan fingerprint density at radius 1 is 0.301 bits per heavy atom. The fourth-order valence-corrected chi connectivity index (χ4v) is 13.2. The normalized spacial score (nSPS) is 15.3. The van der Waals surface area contributed by atoms with E-state index in [4.69, 9.17) is 0 Å². The highest BCUT2D eigenvalue weighted by Crippen LogP contribution is 2.60. The van der Waals surface area contributed by atoms with Crippen molar-refractivity contribution in [2.24, 2.45) is 0 Å². The molecule has 0 bridgehead atoms. The van der Waals surface area contributed by atoms with E-state index in [1.165, 1.54) is 111 Å². The second-order valence-corrected chi connectivity index (χ2v) is 20.7. The molecule has 14 rings (SSSR count). The van der Waals surface area contributed by atoms with Crippen LogP contribution in [0.2, 0.25) is 0 Å². The van der Waals surface area contributed by atoms with Crippen molar-refractivity contribution in [1.29, 1.82) is 0 Å². The maximum absolute atomic E-state index is 2.52. The van der Waals surface area contributed by atoms with Crippen molar-refractivity contribution in [3.8, 4) is 77.9 Å². The number of hydrogen-bond donors (Lipinski definition) is 0. The number of hydrogen-bond acceptors (Lipinski definition) is 1. The first-order valence-electron chi connectivity index (χ1n) is 25.9. The van der Waals surface area contributed by atoms with Gasteiger partial charge in [-0.25, -0.2) is 0 Å². The van der Waals surface area contributed by atoms with Gasteiger partial charge in [-0.2, -0.15) is 0 Å². The maximum Gasteiger partial charge on any atom is 0.0540 e. The quantitative estimate of drug-likeness (QED) is 0.147. The zero-order valence-corrected chi connectivity index (χ0v) is 41.2. The molecule has 11 aromatic carbocycles. The van der Waals surface area contributed by atoms with Crippen LogP contribution >= 0.6 is 0 Å². The molecule has 1 atom stereocenters. The standard InChI is InChI=1S/C72H53N/c1-71(2)66-28-13-9-24-61(66)64-26-16-25-63(70(64)71)59-22-8-7-20-57(59)52-39-41-55(42-40-52)73(56-43-44-62-60-23-10-14-29-67(60)72(68(62)47-56)46-45-54-19-6-12-27-65(54)72)69-30-15-11-21-58(69)53-37-35-51(36-38-53)50-33-31-49(32-34-50)48-17-4-3-5-18-48/h3-44,47H,45-46H2,1-2H3. The van der Waals surface area contributed by atoms with Crippen LogP contribution < -0.4 is 4.90 Å². The molecule has 0 saturated heterocycles. The molecule has 73 heavy (non-hydrogen) atoms. The molecule has 1 unspecified atom stereocenters. The average molecular weight is 932 g/mol. The fraction of sp³-hybridized carbons (Fsp3) is 0.0833. The molecular weight excluding hydrogens is 879 g/mol. The van der Waals surface area contributed by atoms with Crippen molar-refractivity contribution in [3.63, 3.8) is 0 Å². The monoisotopic (exact) mass is 931 g/mol. The van der Waals surface area contributed by atoms with Crippen molar-refractivity contribution < 1.29 is 0 Å². The maximum atomic E-state index is 2.52. The van der Waals surface area contributed by atoms with Crippen molar-refractivity contribution >= 4 is 17.1 Å². The lowest BCUT2D eigenvalue weighted by Gasteiger charge is -2.32. The van der Waals surface area contributed by atoms with E-state index in [1.54, 1.807) is 0 Å². The van der Waals surface area contributed by atoms with Crippen LogP contribution in [-0.4, -0.2) is 0 Å². The Morgan fingerprint density at radius 3 is 1.45 bits per heavy atom. The van der Waals surface area contributed by atoms with Gasteiger partial charge in [-0.1, -0.05) is 244 Å². The van der Waals surface area contributed by atoms with Crippen LogP contribution in [0.3, 0.4) is 0 Å². The lowest BCUT2D eigenvalue weighted by molar-refractivity contribution is 0.626. The second kappa shape index (κ2) is 16.9. The summed E-state index contributed by atoms with van der Waals surface area (Å²) in [5.74, 6) is 0.